The van der Waals surface area contributed by atoms with Gasteiger partial charge in [-0.3, -0.25) is 0 Å². The van der Waals surface area contributed by atoms with Gasteiger partial charge in [0.15, 0.2) is 0 Å². The molecule has 1 spiro atoms. The Morgan fingerprint density at radius 1 is 1.47 bits per heavy atom. The van der Waals surface area contributed by atoms with Crippen molar-refractivity contribution in [2.45, 2.75) is 39.0 Å². The van der Waals surface area contributed by atoms with Crippen LogP contribution >= 0.6 is 0 Å². The number of carbonyl (C=O) groups is 1. The lowest BCUT2D eigenvalue weighted by molar-refractivity contribution is -0.0409. The molecule has 0 aromatic heterocycles. The minimum absolute atomic E-state index is 0.163. The van der Waals surface area contributed by atoms with Crippen LogP contribution in [0, 0.1) is 5.41 Å². The van der Waals surface area contributed by atoms with Crippen molar-refractivity contribution in [3.05, 3.63) is 0 Å². The molecule has 5 heteroatoms. The molecule has 0 aromatic carbocycles. The highest BCUT2D eigenvalue weighted by molar-refractivity contribution is 5.68. The third-order valence-electron chi connectivity index (χ3n) is 3.53. The van der Waals surface area contributed by atoms with E-state index in [1.165, 1.54) is 4.90 Å². The highest BCUT2D eigenvalue weighted by Gasteiger charge is 2.49. The summed E-state index contributed by atoms with van der Waals surface area (Å²) in [7, 11) is 0. The van der Waals surface area contributed by atoms with Crippen molar-refractivity contribution >= 4 is 6.09 Å². The van der Waals surface area contributed by atoms with Crippen molar-refractivity contribution < 1.29 is 13.9 Å². The molecule has 98 valence electrons. The van der Waals surface area contributed by atoms with E-state index in [1.54, 1.807) is 0 Å². The molecule has 2 rings (SSSR count). The smallest absolute Gasteiger partial charge is 0.410 e. The number of hydrogen-bond acceptors (Lipinski definition) is 3. The standard InChI is InChI=1S/C12H21FN2O2/c1-11(2,3)17-10(16)15-5-4-12(7-14-8-12)9(13)6-15/h9,14H,4-8H2,1-3H3. The van der Waals surface area contributed by atoms with E-state index in [1.807, 2.05) is 20.8 Å². The predicted molar refractivity (Wildman–Crippen MR) is 62.6 cm³/mol. The molecule has 17 heavy (non-hydrogen) atoms. The molecule has 4 nitrogen and oxygen atoms in total. The summed E-state index contributed by atoms with van der Waals surface area (Å²) in [6.07, 6.45) is -0.618. The monoisotopic (exact) mass is 244 g/mol. The van der Waals surface area contributed by atoms with E-state index in [4.69, 9.17) is 4.74 Å². The van der Waals surface area contributed by atoms with E-state index in [9.17, 15) is 9.18 Å². The fourth-order valence-electron chi connectivity index (χ4n) is 2.33. The van der Waals surface area contributed by atoms with Gasteiger partial charge in [-0.15, -0.1) is 0 Å². The van der Waals surface area contributed by atoms with Crippen LogP contribution in [0.4, 0.5) is 9.18 Å². The van der Waals surface area contributed by atoms with Crippen LogP contribution in [-0.2, 0) is 4.74 Å². The highest BCUT2D eigenvalue weighted by atomic mass is 19.1. The molecular formula is C12H21FN2O2. The predicted octanol–water partition coefficient (Wildman–Crippen LogP) is 1.55. The second-order valence-corrected chi connectivity index (χ2v) is 6.11. The number of amides is 1. The third kappa shape index (κ3) is 2.54. The number of hydrogen-bond donors (Lipinski definition) is 1. The minimum atomic E-state index is -0.940. The zero-order valence-electron chi connectivity index (χ0n) is 10.8. The molecule has 0 aromatic rings. The normalized spacial score (nSPS) is 27.8. The molecule has 1 atom stereocenters. The molecule has 2 aliphatic rings. The Balaban J connectivity index is 1.91. The second-order valence-electron chi connectivity index (χ2n) is 6.11. The molecule has 1 N–H and O–H groups in total. The summed E-state index contributed by atoms with van der Waals surface area (Å²) in [6, 6.07) is 0. The van der Waals surface area contributed by atoms with E-state index in [-0.39, 0.29) is 12.0 Å². The molecule has 0 saturated carbocycles. The van der Waals surface area contributed by atoms with Gasteiger partial charge in [0.1, 0.15) is 11.8 Å². The number of nitrogens with one attached hydrogen (secondary N) is 1. The van der Waals surface area contributed by atoms with Crippen LogP contribution in [0.2, 0.25) is 0 Å². The Bertz CT molecular complexity index is 310. The minimum Gasteiger partial charge on any atom is -0.444 e. The fraction of sp³-hybridized carbons (Fsp3) is 0.917. The number of halogens is 1. The Morgan fingerprint density at radius 2 is 2.12 bits per heavy atom. The van der Waals surface area contributed by atoms with E-state index >= 15 is 0 Å². The summed E-state index contributed by atoms with van der Waals surface area (Å²) in [6.45, 7) is 7.68. The van der Waals surface area contributed by atoms with E-state index in [2.05, 4.69) is 5.32 Å². The number of piperidine rings is 1. The number of rotatable bonds is 0. The maximum atomic E-state index is 14.0. The molecule has 0 radical (unpaired) electrons. The first-order chi connectivity index (χ1) is 7.82. The van der Waals surface area contributed by atoms with Gasteiger partial charge in [0, 0.05) is 25.0 Å². The van der Waals surface area contributed by atoms with Gasteiger partial charge in [0.05, 0.1) is 6.54 Å². The zero-order chi connectivity index (χ0) is 12.7. The summed E-state index contributed by atoms with van der Waals surface area (Å²) in [4.78, 5) is 13.3. The van der Waals surface area contributed by atoms with Crippen molar-refractivity contribution in [3.63, 3.8) is 0 Å². The average molecular weight is 244 g/mol. The van der Waals surface area contributed by atoms with Gasteiger partial charge in [-0.1, -0.05) is 0 Å². The van der Waals surface area contributed by atoms with Crippen LogP contribution in [0.5, 0.6) is 0 Å². The van der Waals surface area contributed by atoms with Crippen LogP contribution in [-0.4, -0.2) is 48.9 Å². The lowest BCUT2D eigenvalue weighted by Gasteiger charge is -2.50. The van der Waals surface area contributed by atoms with Crippen molar-refractivity contribution in [2.24, 2.45) is 5.41 Å². The largest absolute Gasteiger partial charge is 0.444 e. The van der Waals surface area contributed by atoms with Gasteiger partial charge in [-0.2, -0.15) is 0 Å². The number of ether oxygens (including phenoxy) is 1. The molecule has 2 heterocycles. The van der Waals surface area contributed by atoms with Gasteiger partial charge >= 0.3 is 6.09 Å². The van der Waals surface area contributed by atoms with Gasteiger partial charge in [-0.25, -0.2) is 9.18 Å². The van der Waals surface area contributed by atoms with Crippen LogP contribution in [0.1, 0.15) is 27.2 Å². The van der Waals surface area contributed by atoms with Crippen molar-refractivity contribution in [1.29, 1.82) is 0 Å². The van der Waals surface area contributed by atoms with Gasteiger partial charge in [0.2, 0.25) is 0 Å². The average Bonchev–Trinajstić information content (AvgIpc) is 2.12. The Morgan fingerprint density at radius 3 is 2.53 bits per heavy atom. The summed E-state index contributed by atoms with van der Waals surface area (Å²) in [5.74, 6) is 0. The second kappa shape index (κ2) is 4.12. The maximum absolute atomic E-state index is 14.0. The van der Waals surface area contributed by atoms with Crippen LogP contribution in [0.3, 0.4) is 0 Å². The van der Waals surface area contributed by atoms with Gasteiger partial charge in [-0.05, 0) is 27.2 Å². The zero-order valence-corrected chi connectivity index (χ0v) is 10.8. The van der Waals surface area contributed by atoms with Crippen LogP contribution < -0.4 is 5.32 Å². The first-order valence-corrected chi connectivity index (χ1v) is 6.15. The molecule has 1 amide bonds. The maximum Gasteiger partial charge on any atom is 0.410 e. The molecular weight excluding hydrogens is 223 g/mol. The van der Waals surface area contributed by atoms with Crippen molar-refractivity contribution in [2.75, 3.05) is 26.2 Å². The lowest BCUT2D eigenvalue weighted by Crippen LogP contribution is -2.65. The molecule has 0 aliphatic carbocycles. The topological polar surface area (TPSA) is 41.6 Å². The van der Waals surface area contributed by atoms with Crippen molar-refractivity contribution in [3.8, 4) is 0 Å². The number of likely N-dealkylation sites (tertiary alicyclic amines) is 1. The molecule has 0 bridgehead atoms. The Kier molecular flexibility index (Phi) is 3.06. The quantitative estimate of drug-likeness (QED) is 0.703. The highest BCUT2D eigenvalue weighted by Crippen LogP contribution is 2.37. The SMILES string of the molecule is CC(C)(C)OC(=O)N1CCC2(CNC2)C(F)C1. The van der Waals surface area contributed by atoms with Gasteiger partial charge in [0.25, 0.3) is 0 Å². The van der Waals surface area contributed by atoms with E-state index < -0.39 is 17.9 Å². The summed E-state index contributed by atoms with van der Waals surface area (Å²) in [5, 5.41) is 3.11. The summed E-state index contributed by atoms with van der Waals surface area (Å²) >= 11 is 0. The Hall–Kier alpha value is -0.840. The van der Waals surface area contributed by atoms with E-state index in [0.717, 1.165) is 19.5 Å². The molecule has 1 unspecified atom stereocenters. The Labute approximate surface area is 101 Å². The first kappa shape index (κ1) is 12.6. The van der Waals surface area contributed by atoms with Gasteiger partial charge < -0.3 is 15.0 Å². The molecule has 2 aliphatic heterocycles. The summed E-state index contributed by atoms with van der Waals surface area (Å²) < 4.78 is 19.3. The van der Waals surface area contributed by atoms with Crippen LogP contribution in [0.25, 0.3) is 0 Å². The molecule has 2 saturated heterocycles. The van der Waals surface area contributed by atoms with E-state index in [0.29, 0.717) is 6.54 Å². The number of carbonyl (C=O) groups excluding carboxylic acids is 1. The lowest BCUT2D eigenvalue weighted by atomic mass is 9.72. The number of alkyl halides is 1. The molecule has 2 fully saturated rings. The first-order valence-electron chi connectivity index (χ1n) is 6.15. The van der Waals surface area contributed by atoms with Crippen LogP contribution in [0.15, 0.2) is 0 Å². The summed E-state index contributed by atoms with van der Waals surface area (Å²) in [5.41, 5.74) is -0.742. The number of nitrogens with zero attached hydrogens (tertiary/aromatic N) is 1. The third-order valence-corrected chi connectivity index (χ3v) is 3.53. The van der Waals surface area contributed by atoms with Crippen molar-refractivity contribution in [1.82, 2.24) is 10.2 Å². The fourth-order valence-corrected chi connectivity index (χ4v) is 2.33.